The van der Waals surface area contributed by atoms with E-state index in [1.807, 2.05) is 0 Å². The second kappa shape index (κ2) is 7.82. The molecular formula is C20H19N3O4. The van der Waals surface area contributed by atoms with E-state index in [0.29, 0.717) is 11.3 Å². The molecule has 2 aromatic rings. The number of anilines is 1. The van der Waals surface area contributed by atoms with Gasteiger partial charge in [-0.2, -0.15) is 5.10 Å². The number of nitrogen functional groups attached to an aromatic ring is 1. The van der Waals surface area contributed by atoms with Crippen LogP contribution in [0.15, 0.2) is 59.7 Å². The molecule has 0 spiro atoms. The Kier molecular flexibility index (Phi) is 5.30. The van der Waals surface area contributed by atoms with Crippen LogP contribution >= 0.6 is 0 Å². The molecule has 1 heterocycles. The third-order valence-corrected chi connectivity index (χ3v) is 4.17. The number of nitrogens with zero attached hydrogens (tertiary/aromatic N) is 2. The molecule has 0 saturated carbocycles. The molecule has 7 heteroatoms. The summed E-state index contributed by atoms with van der Waals surface area (Å²) in [5.41, 5.74) is 6.92. The van der Waals surface area contributed by atoms with E-state index in [1.165, 1.54) is 0 Å². The highest BCUT2D eigenvalue weighted by atomic mass is 16.5. The number of carbonyl (C=O) groups is 3. The smallest absolute Gasteiger partial charge is 0.331 e. The Hall–Kier alpha value is -3.48. The molecule has 1 amide bonds. The molecule has 1 atom stereocenters. The summed E-state index contributed by atoms with van der Waals surface area (Å²) in [4.78, 5) is 37.9. The zero-order chi connectivity index (χ0) is 19.4. The molecule has 1 aliphatic heterocycles. The molecule has 0 aromatic heterocycles. The SMILES string of the molecule is CCOC(=O)C1CC(C(=O)c2ccccc2N)=NN1C(=O)c1ccccc1. The van der Waals surface area contributed by atoms with Gasteiger partial charge in [0.05, 0.1) is 6.61 Å². The van der Waals surface area contributed by atoms with Crippen LogP contribution in [0.25, 0.3) is 0 Å². The van der Waals surface area contributed by atoms with Gasteiger partial charge in [0.2, 0.25) is 5.78 Å². The number of hydrogen-bond acceptors (Lipinski definition) is 6. The number of benzene rings is 2. The lowest BCUT2D eigenvalue weighted by Crippen LogP contribution is -2.39. The number of amides is 1. The van der Waals surface area contributed by atoms with Crippen molar-refractivity contribution in [3.05, 3.63) is 65.7 Å². The van der Waals surface area contributed by atoms with Crippen LogP contribution in [0, 0.1) is 0 Å². The number of para-hydroxylation sites is 1. The van der Waals surface area contributed by atoms with Gasteiger partial charge in [-0.1, -0.05) is 30.3 Å². The first-order valence-electron chi connectivity index (χ1n) is 8.54. The van der Waals surface area contributed by atoms with Gasteiger partial charge >= 0.3 is 5.97 Å². The van der Waals surface area contributed by atoms with Crippen LogP contribution < -0.4 is 5.73 Å². The normalized spacial score (nSPS) is 16.0. The van der Waals surface area contributed by atoms with Crippen molar-refractivity contribution in [1.29, 1.82) is 0 Å². The summed E-state index contributed by atoms with van der Waals surface area (Å²) < 4.78 is 5.06. The van der Waals surface area contributed by atoms with Gasteiger partial charge in [0, 0.05) is 23.2 Å². The molecule has 2 aromatic carbocycles. The van der Waals surface area contributed by atoms with Crippen molar-refractivity contribution < 1.29 is 19.1 Å². The fraction of sp³-hybridized carbons (Fsp3) is 0.200. The largest absolute Gasteiger partial charge is 0.464 e. The fourth-order valence-corrected chi connectivity index (χ4v) is 2.83. The Morgan fingerprint density at radius 2 is 1.78 bits per heavy atom. The lowest BCUT2D eigenvalue weighted by Gasteiger charge is -2.19. The predicted molar refractivity (Wildman–Crippen MR) is 100 cm³/mol. The average Bonchev–Trinajstić information content (AvgIpc) is 3.14. The Labute approximate surface area is 156 Å². The zero-order valence-electron chi connectivity index (χ0n) is 14.8. The molecule has 27 heavy (non-hydrogen) atoms. The van der Waals surface area contributed by atoms with Gasteiger partial charge in [-0.15, -0.1) is 0 Å². The molecule has 1 unspecified atom stereocenters. The minimum atomic E-state index is -0.985. The maximum atomic E-state index is 12.8. The van der Waals surface area contributed by atoms with E-state index >= 15 is 0 Å². The van der Waals surface area contributed by atoms with E-state index in [4.69, 9.17) is 10.5 Å². The second-order valence-electron chi connectivity index (χ2n) is 5.95. The summed E-state index contributed by atoms with van der Waals surface area (Å²) in [6.45, 7) is 1.84. The highest BCUT2D eigenvalue weighted by molar-refractivity contribution is 6.47. The van der Waals surface area contributed by atoms with Crippen LogP contribution in [0.4, 0.5) is 5.69 Å². The molecule has 0 aliphatic carbocycles. The summed E-state index contributed by atoms with van der Waals surface area (Å²) in [5, 5.41) is 5.19. The molecule has 3 rings (SSSR count). The molecular weight excluding hydrogens is 346 g/mol. The molecule has 0 fully saturated rings. The number of hydrazone groups is 1. The number of ketones is 1. The highest BCUT2D eigenvalue weighted by Crippen LogP contribution is 2.23. The number of carbonyl (C=O) groups excluding carboxylic acids is 3. The molecule has 0 bridgehead atoms. The lowest BCUT2D eigenvalue weighted by molar-refractivity contribution is -0.147. The Balaban J connectivity index is 1.94. The molecule has 0 saturated heterocycles. The van der Waals surface area contributed by atoms with Crippen molar-refractivity contribution in [3.8, 4) is 0 Å². The number of rotatable bonds is 5. The summed E-state index contributed by atoms with van der Waals surface area (Å²) in [5.74, 6) is -1.49. The zero-order valence-corrected chi connectivity index (χ0v) is 14.8. The summed E-state index contributed by atoms with van der Waals surface area (Å²) in [7, 11) is 0. The first-order chi connectivity index (χ1) is 13.0. The van der Waals surface area contributed by atoms with Crippen molar-refractivity contribution in [2.24, 2.45) is 5.10 Å². The maximum Gasteiger partial charge on any atom is 0.331 e. The van der Waals surface area contributed by atoms with Crippen LogP contribution in [0.5, 0.6) is 0 Å². The Bertz CT molecular complexity index is 908. The van der Waals surface area contributed by atoms with E-state index < -0.39 is 23.7 Å². The quantitative estimate of drug-likeness (QED) is 0.497. The average molecular weight is 365 g/mol. The standard InChI is InChI=1S/C20H19N3O4/c1-2-27-20(26)17-12-16(18(24)14-10-6-7-11-15(14)21)22-23(17)19(25)13-8-4-3-5-9-13/h3-11,17H,2,12,21H2,1H3. The van der Waals surface area contributed by atoms with Crippen LogP contribution in [0.1, 0.15) is 34.1 Å². The molecule has 1 aliphatic rings. The van der Waals surface area contributed by atoms with E-state index in [-0.39, 0.29) is 24.3 Å². The minimum absolute atomic E-state index is 0.0232. The van der Waals surface area contributed by atoms with E-state index in [9.17, 15) is 14.4 Å². The van der Waals surface area contributed by atoms with Crippen LogP contribution in [0.2, 0.25) is 0 Å². The number of ether oxygens (including phenoxy) is 1. The number of Topliss-reactive ketones (excluding diaryl/α,β-unsaturated/α-hetero) is 1. The van der Waals surface area contributed by atoms with Crippen molar-refractivity contribution in [3.63, 3.8) is 0 Å². The Morgan fingerprint density at radius 1 is 1.11 bits per heavy atom. The summed E-state index contributed by atoms with van der Waals surface area (Å²) >= 11 is 0. The van der Waals surface area contributed by atoms with Crippen molar-refractivity contribution in [1.82, 2.24) is 5.01 Å². The summed E-state index contributed by atoms with van der Waals surface area (Å²) in [6.07, 6.45) is -0.0232. The van der Waals surface area contributed by atoms with Gasteiger partial charge in [-0.05, 0) is 31.2 Å². The highest BCUT2D eigenvalue weighted by Gasteiger charge is 2.40. The fourth-order valence-electron chi connectivity index (χ4n) is 2.83. The van der Waals surface area contributed by atoms with E-state index in [0.717, 1.165) is 5.01 Å². The van der Waals surface area contributed by atoms with Crippen molar-refractivity contribution >= 4 is 29.1 Å². The maximum absolute atomic E-state index is 12.8. The van der Waals surface area contributed by atoms with E-state index in [1.54, 1.807) is 61.5 Å². The van der Waals surface area contributed by atoms with Gasteiger partial charge in [-0.3, -0.25) is 9.59 Å². The van der Waals surface area contributed by atoms with Gasteiger partial charge in [0.25, 0.3) is 5.91 Å². The van der Waals surface area contributed by atoms with E-state index in [2.05, 4.69) is 5.10 Å². The van der Waals surface area contributed by atoms with Gasteiger partial charge in [0.1, 0.15) is 5.71 Å². The van der Waals surface area contributed by atoms with Crippen LogP contribution in [-0.4, -0.2) is 41.0 Å². The topological polar surface area (TPSA) is 102 Å². The molecule has 2 N–H and O–H groups in total. The number of hydrogen-bond donors (Lipinski definition) is 1. The first kappa shape index (κ1) is 18.3. The molecule has 7 nitrogen and oxygen atoms in total. The minimum Gasteiger partial charge on any atom is -0.464 e. The number of nitrogens with two attached hydrogens (primary N) is 1. The van der Waals surface area contributed by atoms with Gasteiger partial charge in [0.15, 0.2) is 6.04 Å². The molecule has 138 valence electrons. The third kappa shape index (κ3) is 3.72. The van der Waals surface area contributed by atoms with Crippen LogP contribution in [0.3, 0.4) is 0 Å². The second-order valence-corrected chi connectivity index (χ2v) is 5.95. The van der Waals surface area contributed by atoms with Crippen molar-refractivity contribution in [2.45, 2.75) is 19.4 Å². The van der Waals surface area contributed by atoms with Crippen LogP contribution in [-0.2, 0) is 9.53 Å². The first-order valence-corrected chi connectivity index (χ1v) is 8.54. The third-order valence-electron chi connectivity index (χ3n) is 4.17. The molecule has 0 radical (unpaired) electrons. The number of esters is 1. The van der Waals surface area contributed by atoms with Gasteiger partial charge < -0.3 is 10.5 Å². The monoisotopic (exact) mass is 365 g/mol. The Morgan fingerprint density at radius 3 is 2.44 bits per heavy atom. The summed E-state index contributed by atoms with van der Waals surface area (Å²) in [6, 6.07) is 14.1. The lowest BCUT2D eigenvalue weighted by atomic mass is 10.0. The predicted octanol–water partition coefficient (Wildman–Crippen LogP) is 2.29. The van der Waals surface area contributed by atoms with Gasteiger partial charge in [-0.25, -0.2) is 9.80 Å². The van der Waals surface area contributed by atoms with Crippen molar-refractivity contribution in [2.75, 3.05) is 12.3 Å².